The first kappa shape index (κ1) is 11.7. The van der Waals surface area contributed by atoms with Crippen LogP contribution in [0, 0.1) is 0 Å². The van der Waals surface area contributed by atoms with Crippen molar-refractivity contribution in [3.63, 3.8) is 0 Å². The van der Waals surface area contributed by atoms with E-state index < -0.39 is 0 Å². The maximum Gasteiger partial charge on any atom is 0.428 e. The van der Waals surface area contributed by atoms with Gasteiger partial charge in [-0.15, -0.1) is 4.58 Å². The van der Waals surface area contributed by atoms with Crippen molar-refractivity contribution in [3.8, 4) is 0 Å². The van der Waals surface area contributed by atoms with Crippen molar-refractivity contribution in [3.05, 3.63) is 76.3 Å². The van der Waals surface area contributed by atoms with E-state index in [0.29, 0.717) is 0 Å². The number of hydrogen-bond donors (Lipinski definition) is 0. The van der Waals surface area contributed by atoms with Gasteiger partial charge in [-0.1, -0.05) is 12.2 Å². The second kappa shape index (κ2) is 3.32. The minimum Gasteiger partial charge on any atom is -0.249 e. The fourth-order valence-corrected chi connectivity index (χ4v) is 6.20. The number of allylic oxidation sites excluding steroid dienone is 6. The quantitative estimate of drug-likeness (QED) is 0.680. The topological polar surface area (TPSA) is 14.4 Å². The second-order valence-electron chi connectivity index (χ2n) is 8.01. The third kappa shape index (κ3) is 0.989. The van der Waals surface area contributed by atoms with Crippen molar-refractivity contribution in [1.29, 1.82) is 0 Å². The molecular formula is C21H17N4+. The predicted molar refractivity (Wildman–Crippen MR) is 93.8 cm³/mol. The minimum absolute atomic E-state index is 0.277. The molecule has 7 aliphatic rings. The molecule has 0 saturated heterocycles. The van der Waals surface area contributed by atoms with Gasteiger partial charge in [0.25, 0.3) is 0 Å². The molecule has 120 valence electrons. The molecule has 1 atom stereocenters. The van der Waals surface area contributed by atoms with Gasteiger partial charge in [-0.05, 0) is 24.3 Å². The molecule has 8 rings (SSSR count). The van der Waals surface area contributed by atoms with Gasteiger partial charge in [-0.25, -0.2) is 14.4 Å². The molecular weight excluding hydrogens is 308 g/mol. The maximum absolute atomic E-state index is 2.65. The lowest BCUT2D eigenvalue weighted by Crippen LogP contribution is -2.71. The Morgan fingerprint density at radius 3 is 2.48 bits per heavy atom. The van der Waals surface area contributed by atoms with E-state index in [0.717, 1.165) is 32.1 Å². The van der Waals surface area contributed by atoms with Crippen molar-refractivity contribution in [2.45, 2.75) is 38.0 Å². The van der Waals surface area contributed by atoms with Crippen molar-refractivity contribution < 1.29 is 4.58 Å². The third-order valence-electron chi connectivity index (χ3n) is 6.93. The lowest BCUT2D eigenvalue weighted by molar-refractivity contribution is -0.662. The summed E-state index contributed by atoms with van der Waals surface area (Å²) in [5.74, 6) is -0.277. The summed E-state index contributed by atoms with van der Waals surface area (Å²) in [5.41, 5.74) is 11.6. The van der Waals surface area contributed by atoms with Gasteiger partial charge in [-0.2, -0.15) is 0 Å². The van der Waals surface area contributed by atoms with Crippen LogP contribution in [0.4, 0.5) is 0 Å². The fraction of sp³-hybridized carbons (Fsp3) is 0.286. The first-order chi connectivity index (χ1) is 12.4. The van der Waals surface area contributed by atoms with Gasteiger partial charge in [0, 0.05) is 53.8 Å². The number of hydrogen-bond acceptors (Lipinski definition) is 2. The standard InChI is InChI=1S/C21H17N4/c1-2-14-10-16-5-6-18-12-20-8-7-19-11-17-4-3-15-9-13(1)22(14)21(23(15)17,24(16)18)25(19)20/h1-3,6-7,10-11H,4-5,8-9,12H2/q+1/t21-/m1/s1. The molecule has 8 heterocycles. The van der Waals surface area contributed by atoms with Gasteiger partial charge in [-0.3, -0.25) is 0 Å². The average molecular weight is 325 g/mol. The van der Waals surface area contributed by atoms with Crippen LogP contribution in [-0.4, -0.2) is 24.7 Å². The Morgan fingerprint density at radius 1 is 0.800 bits per heavy atom. The van der Waals surface area contributed by atoms with E-state index in [1.807, 2.05) is 0 Å². The van der Waals surface area contributed by atoms with Gasteiger partial charge in [0.05, 0.1) is 18.5 Å². The van der Waals surface area contributed by atoms with Crippen LogP contribution in [0.1, 0.15) is 37.1 Å². The Morgan fingerprint density at radius 2 is 1.60 bits per heavy atom. The SMILES string of the molecule is C1=C2CC=C3CC4=[N+]5C(=CC4)C=C4CC=C6Cc7ccc1n7[C@]5(N23)N46. The Bertz CT molecular complexity index is 1130. The van der Waals surface area contributed by atoms with Gasteiger partial charge in [0.2, 0.25) is 5.70 Å². The lowest BCUT2D eigenvalue weighted by atomic mass is 10.0. The molecule has 1 aromatic heterocycles. The van der Waals surface area contributed by atoms with Crippen LogP contribution in [0.25, 0.3) is 6.08 Å². The second-order valence-corrected chi connectivity index (χ2v) is 8.01. The molecule has 1 spiro atoms. The van der Waals surface area contributed by atoms with E-state index in [-0.39, 0.29) is 5.91 Å². The third-order valence-corrected chi connectivity index (χ3v) is 6.93. The zero-order valence-corrected chi connectivity index (χ0v) is 13.9. The molecule has 7 aliphatic heterocycles. The Kier molecular flexibility index (Phi) is 1.56. The molecule has 1 aromatic rings. The summed E-state index contributed by atoms with van der Waals surface area (Å²) in [6.07, 6.45) is 17.5. The fourth-order valence-electron chi connectivity index (χ4n) is 6.20. The van der Waals surface area contributed by atoms with E-state index >= 15 is 0 Å². The highest BCUT2D eigenvalue weighted by Crippen LogP contribution is 2.58. The van der Waals surface area contributed by atoms with Gasteiger partial charge in [0.1, 0.15) is 0 Å². The molecule has 0 amide bonds. The van der Waals surface area contributed by atoms with Crippen LogP contribution >= 0.6 is 0 Å². The van der Waals surface area contributed by atoms with E-state index in [4.69, 9.17) is 0 Å². The summed E-state index contributed by atoms with van der Waals surface area (Å²) in [5, 5.41) is 0. The Labute approximate surface area is 145 Å². The monoisotopic (exact) mass is 325 g/mol. The molecule has 0 N–H and O–H groups in total. The molecule has 0 radical (unpaired) electrons. The molecule has 0 fully saturated rings. The van der Waals surface area contributed by atoms with Crippen molar-refractivity contribution in [2.24, 2.45) is 0 Å². The zero-order valence-electron chi connectivity index (χ0n) is 13.9. The number of aromatic nitrogens is 1. The molecule has 0 aliphatic carbocycles. The van der Waals surface area contributed by atoms with Crippen LogP contribution in [0.3, 0.4) is 0 Å². The van der Waals surface area contributed by atoms with Crippen LogP contribution in [-0.2, 0) is 12.3 Å². The van der Waals surface area contributed by atoms with Gasteiger partial charge in [0.15, 0.2) is 5.71 Å². The molecule has 0 bridgehead atoms. The Hall–Kier alpha value is -2.75. The van der Waals surface area contributed by atoms with E-state index in [1.54, 1.807) is 5.71 Å². The number of nitrogens with zero attached hydrogens (tertiary/aromatic N) is 4. The first-order valence-corrected chi connectivity index (χ1v) is 9.31. The van der Waals surface area contributed by atoms with Crippen LogP contribution in [0.5, 0.6) is 0 Å². The average Bonchev–Trinajstić information content (AvgIpc) is 3.38. The zero-order chi connectivity index (χ0) is 15.9. The normalized spacial score (nSPS) is 31.4. The van der Waals surface area contributed by atoms with Crippen molar-refractivity contribution >= 4 is 11.8 Å². The highest BCUT2D eigenvalue weighted by molar-refractivity contribution is 5.87. The van der Waals surface area contributed by atoms with Gasteiger partial charge >= 0.3 is 5.91 Å². The summed E-state index contributed by atoms with van der Waals surface area (Å²) in [6, 6.07) is 4.66. The largest absolute Gasteiger partial charge is 0.428 e. The molecule has 0 aromatic carbocycles. The lowest BCUT2D eigenvalue weighted by Gasteiger charge is -2.55. The van der Waals surface area contributed by atoms with Crippen molar-refractivity contribution in [2.75, 3.05) is 0 Å². The minimum atomic E-state index is -0.277. The highest BCUT2D eigenvalue weighted by atomic mass is 15.7. The smallest absolute Gasteiger partial charge is 0.249 e. The molecule has 4 heteroatoms. The summed E-state index contributed by atoms with van der Waals surface area (Å²) >= 11 is 0. The van der Waals surface area contributed by atoms with Crippen LogP contribution < -0.4 is 0 Å². The summed E-state index contributed by atoms with van der Waals surface area (Å²) in [4.78, 5) is 5.30. The first-order valence-electron chi connectivity index (χ1n) is 9.31. The number of rotatable bonds is 0. The molecule has 4 nitrogen and oxygen atoms in total. The summed E-state index contributed by atoms with van der Waals surface area (Å²) in [6.45, 7) is 0. The Balaban J connectivity index is 1.64. The van der Waals surface area contributed by atoms with E-state index in [2.05, 4.69) is 61.5 Å². The summed E-state index contributed by atoms with van der Waals surface area (Å²) < 4.78 is 5.26. The van der Waals surface area contributed by atoms with Crippen LogP contribution in [0.2, 0.25) is 0 Å². The molecule has 0 unspecified atom stereocenters. The molecule has 25 heavy (non-hydrogen) atoms. The summed E-state index contributed by atoms with van der Waals surface area (Å²) in [7, 11) is 0. The predicted octanol–water partition coefficient (Wildman–Crippen LogP) is 3.19. The highest BCUT2D eigenvalue weighted by Gasteiger charge is 2.69. The van der Waals surface area contributed by atoms with Gasteiger partial charge < -0.3 is 0 Å². The maximum atomic E-state index is 2.65. The van der Waals surface area contributed by atoms with E-state index in [9.17, 15) is 0 Å². The van der Waals surface area contributed by atoms with Crippen molar-refractivity contribution in [1.82, 2.24) is 14.4 Å². The molecule has 0 saturated carbocycles. The van der Waals surface area contributed by atoms with E-state index in [1.165, 1.54) is 39.9 Å². The van der Waals surface area contributed by atoms with Crippen LogP contribution in [0.15, 0.2) is 64.9 Å².